The van der Waals surface area contributed by atoms with E-state index in [1.807, 2.05) is 31.2 Å². The number of H-pyrrole nitrogens is 1. The van der Waals surface area contributed by atoms with Gasteiger partial charge < -0.3 is 9.88 Å². The van der Waals surface area contributed by atoms with Crippen LogP contribution in [0.4, 0.5) is 13.2 Å². The molecule has 0 spiro atoms. The van der Waals surface area contributed by atoms with Crippen molar-refractivity contribution in [1.82, 2.24) is 9.88 Å². The Bertz CT molecular complexity index is 1040. The summed E-state index contributed by atoms with van der Waals surface area (Å²) < 4.78 is 41.4. The van der Waals surface area contributed by atoms with Gasteiger partial charge in [0.15, 0.2) is 0 Å². The molecule has 3 nitrogen and oxygen atoms in total. The van der Waals surface area contributed by atoms with Crippen molar-refractivity contribution in [3.63, 3.8) is 0 Å². The van der Waals surface area contributed by atoms with Crippen LogP contribution in [0.3, 0.4) is 0 Å². The zero-order valence-corrected chi connectivity index (χ0v) is 16.2. The van der Waals surface area contributed by atoms with E-state index in [0.717, 1.165) is 29.8 Å². The van der Waals surface area contributed by atoms with E-state index < -0.39 is 17.3 Å². The van der Waals surface area contributed by atoms with Gasteiger partial charge >= 0.3 is 6.18 Å². The highest BCUT2D eigenvalue weighted by atomic mass is 19.4. The number of fused-ring (bicyclic) bond motifs is 1. The molecule has 3 aromatic rings. The Labute approximate surface area is 167 Å². The van der Waals surface area contributed by atoms with E-state index in [1.165, 1.54) is 12.1 Å². The first kappa shape index (κ1) is 19.6. The number of rotatable bonds is 3. The van der Waals surface area contributed by atoms with E-state index >= 15 is 0 Å². The van der Waals surface area contributed by atoms with Crippen molar-refractivity contribution in [1.29, 1.82) is 0 Å². The second kappa shape index (κ2) is 7.25. The molecule has 1 saturated heterocycles. The highest BCUT2D eigenvalue weighted by molar-refractivity contribution is 6.07. The first-order valence-corrected chi connectivity index (χ1v) is 9.93. The summed E-state index contributed by atoms with van der Waals surface area (Å²) in [7, 11) is 0. The number of nitrogens with zero attached hydrogens (tertiary/aromatic N) is 1. The minimum absolute atomic E-state index is 0.197. The number of hydrogen-bond donors (Lipinski definition) is 1. The lowest BCUT2D eigenvalue weighted by atomic mass is 9.76. The Balaban J connectivity index is 1.85. The molecule has 1 amide bonds. The Morgan fingerprint density at radius 2 is 1.83 bits per heavy atom. The third kappa shape index (κ3) is 3.20. The number of carbonyl (C=O) groups is 1. The lowest BCUT2D eigenvalue weighted by Gasteiger charge is -2.48. The van der Waals surface area contributed by atoms with Crippen LogP contribution in [0.5, 0.6) is 0 Å². The summed E-state index contributed by atoms with van der Waals surface area (Å²) in [5.74, 6) is -0.221. The molecule has 152 valence electrons. The number of alkyl halides is 3. The fraction of sp³-hybridized carbons (Fsp3) is 0.348. The summed E-state index contributed by atoms with van der Waals surface area (Å²) >= 11 is 0. The summed E-state index contributed by atoms with van der Waals surface area (Å²) in [6, 6.07) is 13.2. The van der Waals surface area contributed by atoms with Gasteiger partial charge in [-0.25, -0.2) is 0 Å². The highest BCUT2D eigenvalue weighted by Gasteiger charge is 2.47. The summed E-state index contributed by atoms with van der Waals surface area (Å²) in [4.78, 5) is 18.4. The molecule has 0 saturated carbocycles. The number of benzene rings is 2. The smallest absolute Gasteiger partial charge is 0.360 e. The number of piperidine rings is 1. The summed E-state index contributed by atoms with van der Waals surface area (Å²) in [5, 5.41) is 0.789. The fourth-order valence-electron chi connectivity index (χ4n) is 4.70. The zero-order valence-electron chi connectivity index (χ0n) is 16.2. The molecule has 2 aromatic carbocycles. The number of aromatic nitrogens is 1. The van der Waals surface area contributed by atoms with Crippen LogP contribution in [0, 0.1) is 0 Å². The van der Waals surface area contributed by atoms with Gasteiger partial charge in [0.25, 0.3) is 5.91 Å². The second-order valence-electron chi connectivity index (χ2n) is 7.59. The summed E-state index contributed by atoms with van der Waals surface area (Å²) in [6.07, 6.45) is -0.288. The van der Waals surface area contributed by atoms with Crippen LogP contribution in [0.1, 0.15) is 54.1 Å². The molecule has 1 unspecified atom stereocenters. The Hall–Kier alpha value is -2.76. The molecular formula is C23H23F3N2O. The Morgan fingerprint density at radius 1 is 1.10 bits per heavy atom. The quantitative estimate of drug-likeness (QED) is 0.565. The summed E-state index contributed by atoms with van der Waals surface area (Å²) in [5.41, 5.74) is -0.0846. The zero-order chi connectivity index (χ0) is 20.6. The van der Waals surface area contributed by atoms with E-state index in [-0.39, 0.29) is 11.5 Å². The van der Waals surface area contributed by atoms with Crippen LogP contribution in [0.25, 0.3) is 10.9 Å². The maximum atomic E-state index is 13.8. The molecule has 6 heteroatoms. The van der Waals surface area contributed by atoms with Gasteiger partial charge in [0, 0.05) is 23.6 Å². The largest absolute Gasteiger partial charge is 0.416 e. The molecular weight excluding hydrogens is 377 g/mol. The van der Waals surface area contributed by atoms with Gasteiger partial charge in [-0.2, -0.15) is 13.2 Å². The van der Waals surface area contributed by atoms with Crippen LogP contribution in [0.2, 0.25) is 0 Å². The average molecular weight is 400 g/mol. The van der Waals surface area contributed by atoms with Crippen molar-refractivity contribution >= 4 is 16.8 Å². The molecule has 29 heavy (non-hydrogen) atoms. The third-order valence-electron chi connectivity index (χ3n) is 6.12. The molecule has 0 bridgehead atoms. The minimum Gasteiger partial charge on any atom is -0.360 e. The maximum absolute atomic E-state index is 13.8. The monoisotopic (exact) mass is 400 g/mol. The van der Waals surface area contributed by atoms with Crippen molar-refractivity contribution in [3.05, 3.63) is 71.4 Å². The lowest BCUT2D eigenvalue weighted by Crippen LogP contribution is -2.52. The molecule has 1 aliphatic rings. The first-order chi connectivity index (χ1) is 13.9. The van der Waals surface area contributed by atoms with Gasteiger partial charge in [-0.3, -0.25) is 4.79 Å². The molecule has 2 heterocycles. The van der Waals surface area contributed by atoms with E-state index in [1.54, 1.807) is 17.2 Å². The van der Waals surface area contributed by atoms with E-state index in [4.69, 9.17) is 0 Å². The van der Waals surface area contributed by atoms with E-state index in [9.17, 15) is 18.0 Å². The fourth-order valence-corrected chi connectivity index (χ4v) is 4.70. The lowest BCUT2D eigenvalue weighted by molar-refractivity contribution is -0.139. The van der Waals surface area contributed by atoms with Crippen LogP contribution in [0.15, 0.2) is 54.7 Å². The topological polar surface area (TPSA) is 36.1 Å². The Morgan fingerprint density at radius 3 is 2.59 bits per heavy atom. The average Bonchev–Trinajstić information content (AvgIpc) is 3.17. The van der Waals surface area contributed by atoms with Gasteiger partial charge in [-0.15, -0.1) is 0 Å². The van der Waals surface area contributed by atoms with Crippen molar-refractivity contribution in [3.8, 4) is 0 Å². The number of carbonyl (C=O) groups excluding carboxylic acids is 1. The second-order valence-corrected chi connectivity index (χ2v) is 7.59. The van der Waals surface area contributed by atoms with Crippen LogP contribution >= 0.6 is 0 Å². The van der Waals surface area contributed by atoms with Crippen molar-refractivity contribution in [2.75, 3.05) is 6.54 Å². The number of aromatic amines is 1. The SMILES string of the molecule is CCC1(c2ccccc2C(F)(F)F)CCCCN1C(=O)c1c[nH]c2ccccc12. The number of nitrogens with one attached hydrogen (secondary N) is 1. The normalized spacial score (nSPS) is 20.2. The number of para-hydroxylation sites is 1. The molecule has 4 rings (SSSR count). The van der Waals surface area contributed by atoms with Gasteiger partial charge in [0.2, 0.25) is 0 Å². The van der Waals surface area contributed by atoms with Crippen molar-refractivity contribution in [2.45, 2.75) is 44.3 Å². The predicted octanol–water partition coefficient (Wildman–Crippen LogP) is 6.12. The molecule has 1 aromatic heterocycles. The predicted molar refractivity (Wildman–Crippen MR) is 107 cm³/mol. The molecule has 1 fully saturated rings. The van der Waals surface area contributed by atoms with Gasteiger partial charge in [0.05, 0.1) is 16.7 Å². The summed E-state index contributed by atoms with van der Waals surface area (Å²) in [6.45, 7) is 2.31. The first-order valence-electron chi connectivity index (χ1n) is 9.93. The maximum Gasteiger partial charge on any atom is 0.416 e. The third-order valence-corrected chi connectivity index (χ3v) is 6.12. The van der Waals surface area contributed by atoms with E-state index in [0.29, 0.717) is 24.9 Å². The minimum atomic E-state index is -4.47. The van der Waals surface area contributed by atoms with Gasteiger partial charge in [-0.05, 0) is 43.4 Å². The number of hydrogen-bond acceptors (Lipinski definition) is 1. The molecule has 1 N–H and O–H groups in total. The molecule has 0 radical (unpaired) electrons. The standard InChI is InChI=1S/C23H23F3N2O/c1-2-22(18-10-4-5-11-19(18)23(24,25)26)13-7-8-14-28(22)21(29)17-15-27-20-12-6-3-9-16(17)20/h3-6,9-12,15,27H,2,7-8,13-14H2,1H3. The Kier molecular flexibility index (Phi) is 4.89. The van der Waals surface area contributed by atoms with E-state index in [2.05, 4.69) is 4.98 Å². The number of likely N-dealkylation sites (tertiary alicyclic amines) is 1. The van der Waals surface area contributed by atoms with Gasteiger partial charge in [0.1, 0.15) is 0 Å². The molecule has 1 atom stereocenters. The molecule has 1 aliphatic heterocycles. The number of amides is 1. The molecule has 0 aliphatic carbocycles. The van der Waals surface area contributed by atoms with Crippen LogP contribution in [-0.4, -0.2) is 22.3 Å². The van der Waals surface area contributed by atoms with Crippen LogP contribution < -0.4 is 0 Å². The number of halogens is 3. The van der Waals surface area contributed by atoms with Gasteiger partial charge in [-0.1, -0.05) is 43.3 Å². The van der Waals surface area contributed by atoms with Crippen molar-refractivity contribution < 1.29 is 18.0 Å². The van der Waals surface area contributed by atoms with Crippen molar-refractivity contribution in [2.24, 2.45) is 0 Å². The van der Waals surface area contributed by atoms with Crippen LogP contribution in [-0.2, 0) is 11.7 Å². The highest BCUT2D eigenvalue weighted by Crippen LogP contribution is 2.46.